The van der Waals surface area contributed by atoms with Gasteiger partial charge in [-0.2, -0.15) is 0 Å². The van der Waals surface area contributed by atoms with Gasteiger partial charge in [-0.05, 0) is 61.7 Å². The molecule has 0 aromatic heterocycles. The van der Waals surface area contributed by atoms with Crippen LogP contribution in [0, 0.1) is 29.6 Å². The van der Waals surface area contributed by atoms with Crippen LogP contribution in [0.2, 0.25) is 0 Å². The molecular formula is C11H18O. The second-order valence-electron chi connectivity index (χ2n) is 5.28. The molecule has 0 aromatic rings. The van der Waals surface area contributed by atoms with E-state index in [1.165, 1.54) is 32.1 Å². The molecule has 0 amide bonds. The SMILES string of the molecule is OCC1[C@H]2C[C@H]3C[C@H](C2)C[C@H]1C3. The van der Waals surface area contributed by atoms with Crippen molar-refractivity contribution >= 4 is 0 Å². The fourth-order valence-electron chi connectivity index (χ4n) is 4.34. The van der Waals surface area contributed by atoms with E-state index in [2.05, 4.69) is 0 Å². The summed E-state index contributed by atoms with van der Waals surface area (Å²) in [5, 5.41) is 9.30. The summed E-state index contributed by atoms with van der Waals surface area (Å²) in [4.78, 5) is 0. The molecule has 0 aromatic carbocycles. The lowest BCUT2D eigenvalue weighted by Crippen LogP contribution is -2.46. The van der Waals surface area contributed by atoms with Gasteiger partial charge in [0.05, 0.1) is 0 Å². The maximum absolute atomic E-state index is 9.30. The Bertz CT molecular complexity index is 159. The largest absolute Gasteiger partial charge is 0.396 e. The van der Waals surface area contributed by atoms with Crippen molar-refractivity contribution in [2.75, 3.05) is 6.61 Å². The molecule has 4 bridgehead atoms. The highest BCUT2D eigenvalue weighted by Gasteiger charge is 2.47. The second kappa shape index (κ2) is 2.47. The summed E-state index contributed by atoms with van der Waals surface area (Å²) < 4.78 is 0. The molecule has 68 valence electrons. The van der Waals surface area contributed by atoms with Crippen LogP contribution in [-0.2, 0) is 0 Å². The van der Waals surface area contributed by atoms with Crippen molar-refractivity contribution in [3.8, 4) is 0 Å². The molecule has 0 radical (unpaired) electrons. The average Bonchev–Trinajstić information content (AvgIpc) is 2.02. The van der Waals surface area contributed by atoms with Gasteiger partial charge in [-0.3, -0.25) is 0 Å². The minimum Gasteiger partial charge on any atom is -0.396 e. The minimum atomic E-state index is 0.467. The lowest BCUT2D eigenvalue weighted by atomic mass is 9.52. The lowest BCUT2D eigenvalue weighted by molar-refractivity contribution is -0.0569. The first-order chi connectivity index (χ1) is 5.86. The van der Waals surface area contributed by atoms with E-state index in [0.717, 1.165) is 23.7 Å². The maximum atomic E-state index is 9.30. The van der Waals surface area contributed by atoms with Gasteiger partial charge in [-0.15, -0.1) is 0 Å². The van der Waals surface area contributed by atoms with Crippen LogP contribution in [0.4, 0.5) is 0 Å². The highest BCUT2D eigenvalue weighted by Crippen LogP contribution is 2.56. The topological polar surface area (TPSA) is 20.2 Å². The van der Waals surface area contributed by atoms with Gasteiger partial charge in [0.2, 0.25) is 0 Å². The van der Waals surface area contributed by atoms with Crippen molar-refractivity contribution in [1.82, 2.24) is 0 Å². The molecule has 0 atom stereocenters. The van der Waals surface area contributed by atoms with E-state index < -0.39 is 0 Å². The molecule has 4 saturated carbocycles. The predicted molar refractivity (Wildman–Crippen MR) is 47.6 cm³/mol. The van der Waals surface area contributed by atoms with Crippen molar-refractivity contribution in [2.24, 2.45) is 29.6 Å². The third-order valence-corrected chi connectivity index (χ3v) is 4.63. The molecule has 0 saturated heterocycles. The molecule has 1 N–H and O–H groups in total. The van der Waals surface area contributed by atoms with Gasteiger partial charge in [0.15, 0.2) is 0 Å². The van der Waals surface area contributed by atoms with Crippen molar-refractivity contribution in [3.63, 3.8) is 0 Å². The van der Waals surface area contributed by atoms with Gasteiger partial charge in [-0.25, -0.2) is 0 Å². The third kappa shape index (κ3) is 0.891. The van der Waals surface area contributed by atoms with Crippen LogP contribution in [0.3, 0.4) is 0 Å². The zero-order chi connectivity index (χ0) is 8.13. The Balaban J connectivity index is 1.86. The Morgan fingerprint density at radius 1 is 0.833 bits per heavy atom. The quantitative estimate of drug-likeness (QED) is 0.632. The van der Waals surface area contributed by atoms with Gasteiger partial charge in [0, 0.05) is 6.61 Å². The molecule has 4 fully saturated rings. The predicted octanol–water partition coefficient (Wildman–Crippen LogP) is 2.05. The van der Waals surface area contributed by atoms with Crippen molar-refractivity contribution in [2.45, 2.75) is 32.1 Å². The van der Waals surface area contributed by atoms with Crippen LogP contribution in [0.25, 0.3) is 0 Å². The zero-order valence-electron chi connectivity index (χ0n) is 7.58. The van der Waals surface area contributed by atoms with Gasteiger partial charge in [0.25, 0.3) is 0 Å². The molecule has 12 heavy (non-hydrogen) atoms. The molecule has 0 unspecified atom stereocenters. The Labute approximate surface area is 74.2 Å². The summed E-state index contributed by atoms with van der Waals surface area (Å²) in [6, 6.07) is 0. The molecule has 0 spiro atoms. The highest BCUT2D eigenvalue weighted by atomic mass is 16.3. The summed E-state index contributed by atoms with van der Waals surface area (Å²) in [5.41, 5.74) is 0. The summed E-state index contributed by atoms with van der Waals surface area (Å²) in [5.74, 6) is 4.61. The molecule has 0 heterocycles. The lowest BCUT2D eigenvalue weighted by Gasteiger charge is -2.54. The van der Waals surface area contributed by atoms with Gasteiger partial charge >= 0.3 is 0 Å². The highest BCUT2D eigenvalue weighted by molar-refractivity contribution is 4.97. The number of aliphatic hydroxyl groups is 1. The fourth-order valence-corrected chi connectivity index (χ4v) is 4.34. The van der Waals surface area contributed by atoms with E-state index in [0.29, 0.717) is 12.5 Å². The van der Waals surface area contributed by atoms with Gasteiger partial charge in [0.1, 0.15) is 0 Å². The maximum Gasteiger partial charge on any atom is 0.0464 e. The van der Waals surface area contributed by atoms with Crippen molar-refractivity contribution < 1.29 is 5.11 Å². The molecule has 4 rings (SSSR count). The molecule has 1 nitrogen and oxygen atoms in total. The van der Waals surface area contributed by atoms with Gasteiger partial charge in [-0.1, -0.05) is 0 Å². The van der Waals surface area contributed by atoms with Gasteiger partial charge < -0.3 is 5.11 Å². The molecule has 1 heteroatoms. The van der Waals surface area contributed by atoms with Crippen LogP contribution in [0.1, 0.15) is 32.1 Å². The van der Waals surface area contributed by atoms with E-state index in [9.17, 15) is 5.11 Å². The fraction of sp³-hybridized carbons (Fsp3) is 1.00. The monoisotopic (exact) mass is 166 g/mol. The molecule has 4 aliphatic rings. The third-order valence-electron chi connectivity index (χ3n) is 4.63. The van der Waals surface area contributed by atoms with Crippen LogP contribution >= 0.6 is 0 Å². The van der Waals surface area contributed by atoms with E-state index in [4.69, 9.17) is 0 Å². The van der Waals surface area contributed by atoms with Crippen LogP contribution in [0.5, 0.6) is 0 Å². The first-order valence-electron chi connectivity index (χ1n) is 5.47. The first kappa shape index (κ1) is 7.37. The van der Waals surface area contributed by atoms with Crippen LogP contribution < -0.4 is 0 Å². The normalized spacial score (nSPS) is 56.2. The summed E-state index contributed by atoms with van der Waals surface area (Å²) in [6.45, 7) is 0.467. The summed E-state index contributed by atoms with van der Waals surface area (Å²) >= 11 is 0. The van der Waals surface area contributed by atoms with Crippen molar-refractivity contribution in [3.05, 3.63) is 0 Å². The summed E-state index contributed by atoms with van der Waals surface area (Å²) in [7, 11) is 0. The Morgan fingerprint density at radius 2 is 1.33 bits per heavy atom. The number of aliphatic hydroxyl groups excluding tert-OH is 1. The molecular weight excluding hydrogens is 148 g/mol. The molecule has 0 aliphatic heterocycles. The van der Waals surface area contributed by atoms with E-state index in [-0.39, 0.29) is 0 Å². The Hall–Kier alpha value is -0.0400. The van der Waals surface area contributed by atoms with E-state index in [1.807, 2.05) is 0 Å². The number of rotatable bonds is 1. The standard InChI is InChI=1S/C11H18O/c12-6-11-9-2-7-1-8(4-9)5-10(11)3-7/h7-12H,1-6H2/t7-,8-,9-,10+,11?. The summed E-state index contributed by atoms with van der Waals surface area (Å²) in [6.07, 6.45) is 7.29. The smallest absolute Gasteiger partial charge is 0.0464 e. The van der Waals surface area contributed by atoms with Crippen LogP contribution in [0.15, 0.2) is 0 Å². The molecule has 4 aliphatic carbocycles. The Kier molecular flexibility index (Phi) is 1.52. The minimum absolute atomic E-state index is 0.467. The second-order valence-corrected chi connectivity index (χ2v) is 5.28. The van der Waals surface area contributed by atoms with Crippen LogP contribution in [-0.4, -0.2) is 11.7 Å². The average molecular weight is 166 g/mol. The zero-order valence-corrected chi connectivity index (χ0v) is 7.58. The first-order valence-corrected chi connectivity index (χ1v) is 5.47. The number of hydrogen-bond acceptors (Lipinski definition) is 1. The van der Waals surface area contributed by atoms with E-state index in [1.54, 1.807) is 0 Å². The number of hydrogen-bond donors (Lipinski definition) is 1. The Morgan fingerprint density at radius 3 is 1.75 bits per heavy atom. The van der Waals surface area contributed by atoms with Crippen molar-refractivity contribution in [1.29, 1.82) is 0 Å². The van der Waals surface area contributed by atoms with E-state index >= 15 is 0 Å².